The van der Waals surface area contributed by atoms with Crippen LogP contribution >= 0.6 is 0 Å². The molecule has 2 nitrogen and oxygen atoms in total. The maximum Gasteiger partial charge on any atom is 0.0431 e. The quantitative estimate of drug-likeness (QED) is 0.236. The maximum atomic E-state index is 8.59. The van der Waals surface area contributed by atoms with Crippen molar-refractivity contribution in [2.45, 2.75) is 136 Å². The van der Waals surface area contributed by atoms with Crippen molar-refractivity contribution in [3.63, 3.8) is 0 Å². The molecule has 0 aliphatic heterocycles. The summed E-state index contributed by atoms with van der Waals surface area (Å²) in [4.78, 5) is 0. The third-order valence-electron chi connectivity index (χ3n) is 4.77. The minimum absolute atomic E-state index is 0.370. The molecule has 0 aromatic rings. The minimum Gasteiger partial charge on any atom is -0.396 e. The van der Waals surface area contributed by atoms with Crippen molar-refractivity contribution in [3.8, 4) is 0 Å². The molecule has 0 atom stereocenters. The molecule has 0 unspecified atom stereocenters. The van der Waals surface area contributed by atoms with Gasteiger partial charge in [0.25, 0.3) is 0 Å². The molecule has 0 saturated heterocycles. The highest BCUT2D eigenvalue weighted by Gasteiger charge is 1.92. The first-order chi connectivity index (χ1) is 12.3. The van der Waals surface area contributed by atoms with Crippen molar-refractivity contribution in [2.75, 3.05) is 13.2 Å². The van der Waals surface area contributed by atoms with Gasteiger partial charge in [0.1, 0.15) is 0 Å². The molecule has 0 aliphatic carbocycles. The van der Waals surface area contributed by atoms with Gasteiger partial charge < -0.3 is 10.2 Å². The van der Waals surface area contributed by atoms with E-state index in [1.54, 1.807) is 0 Å². The molecule has 25 heavy (non-hydrogen) atoms. The molecule has 0 aliphatic rings. The summed E-state index contributed by atoms with van der Waals surface area (Å²) in [7, 11) is 0. The predicted molar refractivity (Wildman–Crippen MR) is 113 cm³/mol. The van der Waals surface area contributed by atoms with Crippen molar-refractivity contribution >= 4 is 0 Å². The van der Waals surface area contributed by atoms with E-state index in [2.05, 4.69) is 13.8 Å². The molecule has 0 spiro atoms. The molecule has 0 fully saturated rings. The lowest BCUT2D eigenvalue weighted by Gasteiger charge is -2.01. The molecule has 0 bridgehead atoms. The van der Waals surface area contributed by atoms with Gasteiger partial charge >= 0.3 is 0 Å². The summed E-state index contributed by atoms with van der Waals surface area (Å²) in [5, 5.41) is 17.1. The van der Waals surface area contributed by atoms with Crippen LogP contribution in [0.25, 0.3) is 0 Å². The van der Waals surface area contributed by atoms with Gasteiger partial charge in [-0.15, -0.1) is 0 Å². The average molecular weight is 359 g/mol. The van der Waals surface area contributed by atoms with Crippen LogP contribution in [0.5, 0.6) is 0 Å². The van der Waals surface area contributed by atoms with Crippen molar-refractivity contribution in [3.05, 3.63) is 0 Å². The van der Waals surface area contributed by atoms with Gasteiger partial charge in [0.05, 0.1) is 0 Å². The molecule has 0 aromatic heterocycles. The Morgan fingerprint density at radius 1 is 0.320 bits per heavy atom. The molecule has 0 saturated carbocycles. The fourth-order valence-corrected chi connectivity index (χ4v) is 3.02. The van der Waals surface area contributed by atoms with E-state index in [-0.39, 0.29) is 0 Å². The summed E-state index contributed by atoms with van der Waals surface area (Å²) in [5.41, 5.74) is 0. The van der Waals surface area contributed by atoms with Crippen molar-refractivity contribution in [2.24, 2.45) is 0 Å². The number of aliphatic hydroxyl groups excluding tert-OH is 2. The Hall–Kier alpha value is -0.0800. The zero-order chi connectivity index (χ0) is 18.8. The van der Waals surface area contributed by atoms with E-state index in [4.69, 9.17) is 10.2 Å². The highest BCUT2D eigenvalue weighted by atomic mass is 16.3. The Labute approximate surface area is 159 Å². The van der Waals surface area contributed by atoms with Gasteiger partial charge in [-0.25, -0.2) is 0 Å². The van der Waals surface area contributed by atoms with Crippen LogP contribution in [0.4, 0.5) is 0 Å². The Morgan fingerprint density at radius 2 is 0.520 bits per heavy atom. The van der Waals surface area contributed by atoms with Crippen LogP contribution in [0, 0.1) is 0 Å². The van der Waals surface area contributed by atoms with Crippen LogP contribution in [0.3, 0.4) is 0 Å². The molecule has 0 radical (unpaired) electrons. The van der Waals surface area contributed by atoms with E-state index in [0.717, 1.165) is 12.8 Å². The zero-order valence-electron chi connectivity index (χ0n) is 17.7. The molecule has 0 heterocycles. The third kappa shape index (κ3) is 32.1. The summed E-state index contributed by atoms with van der Waals surface area (Å²) < 4.78 is 0. The predicted octanol–water partition coefficient (Wildman–Crippen LogP) is 7.41. The normalized spacial score (nSPS) is 10.6. The summed E-state index contributed by atoms with van der Waals surface area (Å²) in [5.74, 6) is 0. The summed E-state index contributed by atoms with van der Waals surface area (Å²) in [6.45, 7) is 5.25. The average Bonchev–Trinajstić information content (AvgIpc) is 2.63. The number of rotatable bonds is 19. The summed E-state index contributed by atoms with van der Waals surface area (Å²) in [6.07, 6.45) is 25.2. The third-order valence-corrected chi connectivity index (χ3v) is 4.77. The molecule has 154 valence electrons. The van der Waals surface area contributed by atoms with Gasteiger partial charge in [0, 0.05) is 13.2 Å². The fraction of sp³-hybridized carbons (Fsp3) is 1.00. The first kappa shape index (κ1) is 27.1. The van der Waals surface area contributed by atoms with E-state index in [9.17, 15) is 0 Å². The standard InChI is InChI=1S/C13H28O.C10H22O/c1-2-3-4-5-6-7-8-9-10-11-12-13-14;1-2-3-4-5-6-7-8-9-10-11/h14H,2-13H2,1H3;11H,2-10H2,1H3. The van der Waals surface area contributed by atoms with Crippen LogP contribution in [0.15, 0.2) is 0 Å². The van der Waals surface area contributed by atoms with Crippen LogP contribution < -0.4 is 0 Å². The first-order valence-electron chi connectivity index (χ1n) is 11.5. The SMILES string of the molecule is CCCCCCCCCCCCCO.CCCCCCCCCCO. The van der Waals surface area contributed by atoms with Gasteiger partial charge in [-0.1, -0.05) is 123 Å². The topological polar surface area (TPSA) is 40.5 Å². The molecule has 0 rings (SSSR count). The van der Waals surface area contributed by atoms with Crippen LogP contribution in [-0.2, 0) is 0 Å². The molecular formula is C23H50O2. The number of hydrogen-bond donors (Lipinski definition) is 2. The van der Waals surface area contributed by atoms with Gasteiger partial charge in [0.2, 0.25) is 0 Å². The Bertz CT molecular complexity index is 175. The first-order valence-corrected chi connectivity index (χ1v) is 11.5. The van der Waals surface area contributed by atoms with Crippen molar-refractivity contribution < 1.29 is 10.2 Å². The van der Waals surface area contributed by atoms with Crippen LogP contribution in [0.2, 0.25) is 0 Å². The Kier molecular flexibility index (Phi) is 31.2. The second kappa shape index (κ2) is 28.7. The van der Waals surface area contributed by atoms with E-state index in [1.807, 2.05) is 0 Å². The lowest BCUT2D eigenvalue weighted by Crippen LogP contribution is -1.84. The summed E-state index contributed by atoms with van der Waals surface area (Å²) in [6, 6.07) is 0. The van der Waals surface area contributed by atoms with Gasteiger partial charge in [-0.2, -0.15) is 0 Å². The van der Waals surface area contributed by atoms with E-state index < -0.39 is 0 Å². The van der Waals surface area contributed by atoms with Crippen molar-refractivity contribution in [1.29, 1.82) is 0 Å². The fourth-order valence-electron chi connectivity index (χ4n) is 3.02. The molecule has 2 N–H and O–H groups in total. The number of unbranched alkanes of at least 4 members (excludes halogenated alkanes) is 17. The monoisotopic (exact) mass is 358 g/mol. The largest absolute Gasteiger partial charge is 0.396 e. The maximum absolute atomic E-state index is 8.59. The second-order valence-electron chi connectivity index (χ2n) is 7.46. The molecule has 0 amide bonds. The minimum atomic E-state index is 0.370. The zero-order valence-corrected chi connectivity index (χ0v) is 17.7. The molecular weight excluding hydrogens is 308 g/mol. The highest BCUT2D eigenvalue weighted by molar-refractivity contribution is 4.47. The smallest absolute Gasteiger partial charge is 0.0431 e. The molecule has 0 aromatic carbocycles. The number of hydrogen-bond acceptors (Lipinski definition) is 2. The van der Waals surface area contributed by atoms with Gasteiger partial charge in [0.15, 0.2) is 0 Å². The Balaban J connectivity index is 0. The van der Waals surface area contributed by atoms with Crippen LogP contribution in [-0.4, -0.2) is 23.4 Å². The van der Waals surface area contributed by atoms with E-state index in [0.29, 0.717) is 13.2 Å². The van der Waals surface area contributed by atoms with Crippen molar-refractivity contribution in [1.82, 2.24) is 0 Å². The lowest BCUT2D eigenvalue weighted by molar-refractivity contribution is 0.282. The van der Waals surface area contributed by atoms with Crippen LogP contribution in [0.1, 0.15) is 136 Å². The van der Waals surface area contributed by atoms with Gasteiger partial charge in [-0.05, 0) is 12.8 Å². The second-order valence-corrected chi connectivity index (χ2v) is 7.46. The van der Waals surface area contributed by atoms with Gasteiger partial charge in [-0.3, -0.25) is 0 Å². The number of aliphatic hydroxyl groups is 2. The molecule has 2 heteroatoms. The Morgan fingerprint density at radius 3 is 0.720 bits per heavy atom. The van der Waals surface area contributed by atoms with E-state index in [1.165, 1.54) is 109 Å². The summed E-state index contributed by atoms with van der Waals surface area (Å²) >= 11 is 0. The highest BCUT2D eigenvalue weighted by Crippen LogP contribution is 2.11. The lowest BCUT2D eigenvalue weighted by atomic mass is 10.1. The van der Waals surface area contributed by atoms with E-state index >= 15 is 0 Å².